The number of hydrogen-bond acceptors (Lipinski definition) is 6. The van der Waals surface area contributed by atoms with Crippen LogP contribution in [-0.2, 0) is 4.43 Å². The first kappa shape index (κ1) is 35.0. The topological polar surface area (TPSA) is 93.5 Å². The fraction of sp³-hybridized carbons (Fsp3) is 0.237. The van der Waals surface area contributed by atoms with Gasteiger partial charge in [0, 0.05) is 0 Å². The standard InChI is InChI=1S/C38H38FN3O4SSeSi/c1-37(2,3)49(29-20-12-6-13-21-29,30-22-14-7-15-23-30)46-26-31-33(43)38(39,48-28-18-10-5-11-19-28)35(47-31)42-25-24-32(41-36(42)45)40-34(44)27-16-8-4-9-17-27/h4-25,31,33,35,43H,26H2,1-3H3,(H,40,41,44,45)/t31-,33-,35-,38-/m1/s1. The molecule has 4 atom stereocenters. The number of benzene rings is 4. The van der Waals surface area contributed by atoms with Crippen LogP contribution in [0.25, 0.3) is 0 Å². The van der Waals surface area contributed by atoms with Gasteiger partial charge in [-0.05, 0) is 0 Å². The summed E-state index contributed by atoms with van der Waals surface area (Å²) in [4.78, 5) is 30.4. The van der Waals surface area contributed by atoms with Gasteiger partial charge in [-0.15, -0.1) is 0 Å². The molecular formula is C38H38FN3O4SSeSi. The number of aliphatic hydroxyl groups excluding tert-OH is 1. The summed E-state index contributed by atoms with van der Waals surface area (Å²) in [7, 11) is -2.99. The van der Waals surface area contributed by atoms with Crippen LogP contribution in [0, 0.1) is 0 Å². The number of nitrogens with one attached hydrogen (secondary N) is 1. The van der Waals surface area contributed by atoms with Gasteiger partial charge in [-0.25, -0.2) is 0 Å². The van der Waals surface area contributed by atoms with Gasteiger partial charge in [-0.3, -0.25) is 0 Å². The van der Waals surface area contributed by atoms with Crippen LogP contribution in [0.3, 0.4) is 0 Å². The molecule has 2 N–H and O–H groups in total. The first-order valence-electron chi connectivity index (χ1n) is 16.0. The molecule has 1 saturated heterocycles. The molecule has 2 heterocycles. The normalized spacial score (nSPS) is 21.0. The zero-order valence-corrected chi connectivity index (χ0v) is 30.9. The van der Waals surface area contributed by atoms with Crippen LogP contribution < -0.4 is 25.8 Å². The molecule has 1 aliphatic rings. The Morgan fingerprint density at radius 3 is 1.98 bits per heavy atom. The molecule has 0 radical (unpaired) electrons. The number of hydrogen-bond donors (Lipinski definition) is 2. The number of aliphatic hydroxyl groups is 1. The Morgan fingerprint density at radius 2 is 1.45 bits per heavy atom. The molecule has 0 spiro atoms. The minimum atomic E-state index is -2.99. The molecule has 1 fully saturated rings. The number of halogens is 1. The maximum atomic E-state index is 17.7. The maximum absolute atomic E-state index is 17.7. The number of amides is 1. The Labute approximate surface area is 297 Å². The average Bonchev–Trinajstić information content (AvgIpc) is 3.34. The third kappa shape index (κ3) is 7.10. The molecule has 5 aromatic rings. The van der Waals surface area contributed by atoms with Gasteiger partial charge in [0.25, 0.3) is 0 Å². The van der Waals surface area contributed by atoms with Gasteiger partial charge in [0.15, 0.2) is 0 Å². The predicted octanol–water partition coefficient (Wildman–Crippen LogP) is 4.74. The van der Waals surface area contributed by atoms with Crippen molar-refractivity contribution in [3.63, 3.8) is 0 Å². The van der Waals surface area contributed by atoms with Crippen LogP contribution in [0.5, 0.6) is 0 Å². The van der Waals surface area contributed by atoms with Crippen molar-refractivity contribution in [2.24, 2.45) is 0 Å². The molecule has 0 unspecified atom stereocenters. The zero-order valence-electron chi connectivity index (χ0n) is 27.4. The average molecular weight is 759 g/mol. The molecule has 6 rings (SSSR count). The first-order chi connectivity index (χ1) is 23.5. The van der Waals surface area contributed by atoms with Gasteiger partial charge in [-0.2, -0.15) is 0 Å². The number of alkyl halides is 1. The van der Waals surface area contributed by atoms with E-state index in [9.17, 15) is 14.7 Å². The molecule has 0 saturated carbocycles. The second-order valence-electron chi connectivity index (χ2n) is 12.9. The second-order valence-corrected chi connectivity index (χ2v) is 21.2. The van der Waals surface area contributed by atoms with Gasteiger partial charge in [0.05, 0.1) is 0 Å². The van der Waals surface area contributed by atoms with Crippen LogP contribution in [-0.4, -0.2) is 66.4 Å². The molecule has 1 aromatic heterocycles. The molecule has 4 aromatic carbocycles. The van der Waals surface area contributed by atoms with Crippen LogP contribution in [0.4, 0.5) is 10.2 Å². The molecule has 7 nitrogen and oxygen atoms in total. The van der Waals surface area contributed by atoms with Crippen LogP contribution >= 0.6 is 11.8 Å². The number of nitrogens with zero attached hydrogens (tertiary/aromatic N) is 2. The summed E-state index contributed by atoms with van der Waals surface area (Å²) in [6.07, 6.45) is 0.00599. The minimum absolute atomic E-state index is 0.0586. The number of carbonyl (C=O) groups excluding carboxylic acids is 1. The van der Waals surface area contributed by atoms with E-state index >= 15 is 4.39 Å². The molecule has 0 bridgehead atoms. The van der Waals surface area contributed by atoms with Crippen LogP contribution in [0.15, 0.2) is 138 Å². The summed E-state index contributed by atoms with van der Waals surface area (Å²) >= 11 is 0.316. The van der Waals surface area contributed by atoms with E-state index in [-0.39, 0.29) is 17.5 Å². The Morgan fingerprint density at radius 1 is 0.918 bits per heavy atom. The molecular weight excluding hydrogens is 721 g/mol. The molecule has 1 aliphatic heterocycles. The summed E-state index contributed by atoms with van der Waals surface area (Å²) in [5.41, 5.74) is -0.310. The van der Waals surface area contributed by atoms with E-state index in [2.05, 4.69) is 55.3 Å². The summed E-state index contributed by atoms with van der Waals surface area (Å²) in [5.74, 6) is -0.355. The number of aromatic nitrogens is 2. The zero-order chi connectivity index (χ0) is 34.6. The van der Waals surface area contributed by atoms with Crippen molar-refractivity contribution in [3.05, 3.63) is 150 Å². The molecule has 11 heteroatoms. The van der Waals surface area contributed by atoms with Crippen molar-refractivity contribution < 1.29 is 18.7 Å². The van der Waals surface area contributed by atoms with Crippen molar-refractivity contribution in [1.29, 1.82) is 0 Å². The van der Waals surface area contributed by atoms with Crippen molar-refractivity contribution >= 4 is 61.6 Å². The molecule has 1 amide bonds. The molecule has 49 heavy (non-hydrogen) atoms. The van der Waals surface area contributed by atoms with Crippen LogP contribution in [0.2, 0.25) is 5.04 Å². The van der Waals surface area contributed by atoms with Crippen LogP contribution in [0.1, 0.15) is 36.5 Å². The number of anilines is 1. The molecule has 252 valence electrons. The van der Waals surface area contributed by atoms with Gasteiger partial charge >= 0.3 is 299 Å². The van der Waals surface area contributed by atoms with E-state index in [0.717, 1.165) is 14.8 Å². The van der Waals surface area contributed by atoms with Gasteiger partial charge in [0.1, 0.15) is 0 Å². The quantitative estimate of drug-likeness (QED) is 0.200. The second kappa shape index (κ2) is 14.6. The number of rotatable bonds is 10. The molecule has 0 aliphatic carbocycles. The predicted molar refractivity (Wildman–Crippen MR) is 199 cm³/mol. The monoisotopic (exact) mass is 759 g/mol. The van der Waals surface area contributed by atoms with Crippen molar-refractivity contribution in [2.45, 2.75) is 47.1 Å². The third-order valence-electron chi connectivity index (χ3n) is 8.65. The van der Waals surface area contributed by atoms with E-state index in [4.69, 9.17) is 4.43 Å². The number of carbonyl (C=O) groups is 1. The van der Waals surface area contributed by atoms with Gasteiger partial charge < -0.3 is 0 Å². The van der Waals surface area contributed by atoms with Crippen molar-refractivity contribution in [1.82, 2.24) is 9.55 Å². The van der Waals surface area contributed by atoms with E-state index < -0.39 is 56.2 Å². The Kier molecular flexibility index (Phi) is 10.4. The fourth-order valence-corrected chi connectivity index (χ4v) is 15.7. The van der Waals surface area contributed by atoms with E-state index in [0.29, 0.717) is 5.56 Å². The van der Waals surface area contributed by atoms with E-state index in [1.165, 1.54) is 28.6 Å². The van der Waals surface area contributed by atoms with Gasteiger partial charge in [0.2, 0.25) is 0 Å². The Bertz CT molecular complexity index is 1890. The number of thioether (sulfide) groups is 1. The van der Waals surface area contributed by atoms with Gasteiger partial charge in [-0.1, -0.05) is 0 Å². The summed E-state index contributed by atoms with van der Waals surface area (Å²) in [6, 6.07) is 39.6. The first-order valence-corrected chi connectivity index (χ1v) is 20.6. The summed E-state index contributed by atoms with van der Waals surface area (Å²) in [6.45, 7) is 6.57. The van der Waals surface area contributed by atoms with Crippen molar-refractivity contribution in [3.8, 4) is 0 Å². The third-order valence-corrected chi connectivity index (χ3v) is 18.3. The fourth-order valence-electron chi connectivity index (χ4n) is 6.31. The Balaban J connectivity index is 1.34. The Hall–Kier alpha value is -3.83. The van der Waals surface area contributed by atoms with E-state index in [1.807, 2.05) is 66.7 Å². The SMILES string of the molecule is CC(C)(C)[Si](OC[C@H]1S[C@@H](n2ccc(NC(=O)c3ccccc3)nc2=O)[C@](F)([Se]c2ccccc2)[C@@H]1O)(c1ccccc1)c1ccccc1. The summed E-state index contributed by atoms with van der Waals surface area (Å²) in [5, 5.41) is 14.6. The van der Waals surface area contributed by atoms with Crippen molar-refractivity contribution in [2.75, 3.05) is 11.9 Å². The van der Waals surface area contributed by atoms with E-state index in [1.54, 1.807) is 30.3 Å². The summed E-state index contributed by atoms with van der Waals surface area (Å²) < 4.78 is 24.6.